The van der Waals surface area contributed by atoms with Gasteiger partial charge in [-0.1, -0.05) is 141 Å². The largest absolute Gasteiger partial charge is 0.469 e. The molecule has 0 fully saturated rings. The highest BCUT2D eigenvalue weighted by Crippen LogP contribution is 2.36. The summed E-state index contributed by atoms with van der Waals surface area (Å²) in [5, 5.41) is 0. The average Bonchev–Trinajstić information content (AvgIpc) is 3.03. The Bertz CT molecular complexity index is 810. The lowest BCUT2D eigenvalue weighted by Crippen LogP contribution is -2.29. The van der Waals surface area contributed by atoms with Gasteiger partial charge in [0.1, 0.15) is 6.61 Å². The van der Waals surface area contributed by atoms with Crippen LogP contribution < -0.4 is 0 Å². The van der Waals surface area contributed by atoms with Crippen LogP contribution in [0, 0.1) is 0 Å². The number of carbonyl (C=O) groups excluding carboxylic acids is 2. The normalized spacial score (nSPS) is 12.4. The van der Waals surface area contributed by atoms with E-state index in [4.69, 9.17) is 19.3 Å². The predicted molar refractivity (Wildman–Crippen MR) is 193 cm³/mol. The molecule has 0 heterocycles. The fourth-order valence-corrected chi connectivity index (χ4v) is 5.83. The lowest BCUT2D eigenvalue weighted by Gasteiger charge is -2.18. The molecular formula is C38H71O8P. The molecule has 0 aliphatic rings. The van der Waals surface area contributed by atoms with Gasteiger partial charge in [0, 0.05) is 12.8 Å². The van der Waals surface area contributed by atoms with Crippen molar-refractivity contribution in [2.75, 3.05) is 13.2 Å². The molecule has 8 nitrogen and oxygen atoms in total. The van der Waals surface area contributed by atoms with Crippen molar-refractivity contribution in [1.29, 1.82) is 0 Å². The van der Waals surface area contributed by atoms with E-state index in [0.717, 1.165) is 57.8 Å². The highest BCUT2D eigenvalue weighted by Gasteiger charge is 2.22. The van der Waals surface area contributed by atoms with Crippen molar-refractivity contribution in [3.05, 3.63) is 24.8 Å². The number of ether oxygens (including phenoxy) is 2. The summed E-state index contributed by atoms with van der Waals surface area (Å²) in [5.41, 5.74) is 0. The molecule has 1 atom stereocenters. The molecule has 0 amide bonds. The van der Waals surface area contributed by atoms with Crippen LogP contribution in [0.4, 0.5) is 0 Å². The number of allylic oxidation sites excluding steroid dienone is 3. The molecule has 0 unspecified atom stereocenters. The van der Waals surface area contributed by atoms with Crippen molar-refractivity contribution in [1.82, 2.24) is 0 Å². The van der Waals surface area contributed by atoms with E-state index in [1.807, 2.05) is 6.08 Å². The van der Waals surface area contributed by atoms with E-state index in [9.17, 15) is 14.2 Å². The number of phosphoric ester groups is 1. The molecule has 2 N–H and O–H groups in total. The van der Waals surface area contributed by atoms with E-state index in [-0.39, 0.29) is 19.4 Å². The Hall–Kier alpha value is -1.47. The van der Waals surface area contributed by atoms with Crippen molar-refractivity contribution in [2.45, 2.75) is 193 Å². The van der Waals surface area contributed by atoms with Crippen LogP contribution in [0.25, 0.3) is 0 Å². The monoisotopic (exact) mass is 686 g/mol. The smallest absolute Gasteiger partial charge is 0.462 e. The van der Waals surface area contributed by atoms with Crippen LogP contribution in [0.1, 0.15) is 187 Å². The maximum atomic E-state index is 12.4. The van der Waals surface area contributed by atoms with Crippen LogP contribution in [0.3, 0.4) is 0 Å². The quantitative estimate of drug-likeness (QED) is 0.0289. The van der Waals surface area contributed by atoms with Crippen LogP contribution in [-0.2, 0) is 28.2 Å². The number of hydrogen-bond donors (Lipinski definition) is 2. The maximum absolute atomic E-state index is 12.4. The SMILES string of the molecule is C=CCCCCCCCCCCCCCCCC(=O)O[C@H](COC(=O)CCCCCCC/C=C/CCCCCCC)COP(=O)(O)O. The molecule has 47 heavy (non-hydrogen) atoms. The number of rotatable bonds is 36. The van der Waals surface area contributed by atoms with Gasteiger partial charge in [0.05, 0.1) is 6.61 Å². The zero-order valence-electron chi connectivity index (χ0n) is 30.0. The van der Waals surface area contributed by atoms with Gasteiger partial charge in [0.25, 0.3) is 0 Å². The van der Waals surface area contributed by atoms with E-state index < -0.39 is 32.5 Å². The standard InChI is InChI=1S/C38H71O8P/c1-3-5-7-9-11-13-15-17-19-21-23-25-27-29-31-33-38(40)46-36(35-45-47(41,42)43)34-44-37(39)32-30-28-26-24-22-20-18-16-14-12-10-8-6-4-2/h3,16,18,36H,1,4-15,17,19-35H2,2H3,(H2,41,42,43)/b18-16+/t36-/m1/s1. The molecule has 9 heteroatoms. The second-order valence-electron chi connectivity index (χ2n) is 13.0. The molecule has 0 radical (unpaired) electrons. The lowest BCUT2D eigenvalue weighted by molar-refractivity contribution is -0.161. The van der Waals surface area contributed by atoms with Crippen LogP contribution >= 0.6 is 7.82 Å². The van der Waals surface area contributed by atoms with Gasteiger partial charge in [-0.05, 0) is 51.4 Å². The van der Waals surface area contributed by atoms with Crippen molar-refractivity contribution in [2.24, 2.45) is 0 Å². The molecule has 0 spiro atoms. The molecule has 0 saturated heterocycles. The summed E-state index contributed by atoms with van der Waals surface area (Å²) < 4.78 is 26.3. The first-order valence-corrected chi connectivity index (χ1v) is 20.6. The highest BCUT2D eigenvalue weighted by atomic mass is 31.2. The fourth-order valence-electron chi connectivity index (χ4n) is 5.47. The molecule has 0 rings (SSSR count). The molecule has 0 aliphatic carbocycles. The van der Waals surface area contributed by atoms with Crippen molar-refractivity contribution >= 4 is 19.8 Å². The first-order chi connectivity index (χ1) is 22.8. The first kappa shape index (κ1) is 45.5. The topological polar surface area (TPSA) is 119 Å². The van der Waals surface area contributed by atoms with Gasteiger partial charge < -0.3 is 19.3 Å². The summed E-state index contributed by atoms with van der Waals surface area (Å²) >= 11 is 0. The molecule has 0 bridgehead atoms. The number of unbranched alkanes of at least 4 members (excludes halogenated alkanes) is 23. The third-order valence-electron chi connectivity index (χ3n) is 8.34. The summed E-state index contributed by atoms with van der Waals surface area (Å²) in [7, 11) is -4.75. The third kappa shape index (κ3) is 37.2. The van der Waals surface area contributed by atoms with E-state index in [0.29, 0.717) is 12.8 Å². The third-order valence-corrected chi connectivity index (χ3v) is 8.82. The van der Waals surface area contributed by atoms with Gasteiger partial charge in [0.2, 0.25) is 0 Å². The average molecular weight is 687 g/mol. The molecule has 0 aromatic rings. The Labute approximate surface area is 288 Å². The molecule has 276 valence electrons. The molecule has 0 saturated carbocycles. The van der Waals surface area contributed by atoms with E-state index in [1.165, 1.54) is 96.3 Å². The van der Waals surface area contributed by atoms with Gasteiger partial charge in [-0.15, -0.1) is 6.58 Å². The van der Waals surface area contributed by atoms with Crippen LogP contribution in [-0.4, -0.2) is 41.0 Å². The number of carbonyl (C=O) groups is 2. The Morgan fingerprint density at radius 2 is 1.00 bits per heavy atom. The molecule has 0 aromatic carbocycles. The summed E-state index contributed by atoms with van der Waals surface area (Å²) in [6.07, 6.45) is 36.5. The van der Waals surface area contributed by atoms with Crippen molar-refractivity contribution < 1.29 is 37.9 Å². The van der Waals surface area contributed by atoms with Crippen LogP contribution in [0.2, 0.25) is 0 Å². The van der Waals surface area contributed by atoms with Gasteiger partial charge in [-0.2, -0.15) is 0 Å². The Kier molecular flexibility index (Phi) is 33.3. The Morgan fingerprint density at radius 3 is 1.45 bits per heavy atom. The van der Waals surface area contributed by atoms with E-state index in [1.54, 1.807) is 0 Å². The van der Waals surface area contributed by atoms with Gasteiger partial charge >= 0.3 is 19.8 Å². The Morgan fingerprint density at radius 1 is 0.596 bits per heavy atom. The zero-order valence-corrected chi connectivity index (χ0v) is 30.9. The number of hydrogen-bond acceptors (Lipinski definition) is 6. The number of esters is 2. The second-order valence-corrected chi connectivity index (χ2v) is 14.2. The number of phosphoric acid groups is 1. The minimum atomic E-state index is -4.75. The summed E-state index contributed by atoms with van der Waals surface area (Å²) in [4.78, 5) is 42.7. The second kappa shape index (κ2) is 34.4. The minimum Gasteiger partial charge on any atom is -0.462 e. The molecular weight excluding hydrogens is 615 g/mol. The first-order valence-electron chi connectivity index (χ1n) is 19.1. The minimum absolute atomic E-state index is 0.210. The highest BCUT2D eigenvalue weighted by molar-refractivity contribution is 7.46. The van der Waals surface area contributed by atoms with Gasteiger partial charge in [-0.25, -0.2) is 4.57 Å². The maximum Gasteiger partial charge on any atom is 0.469 e. The van der Waals surface area contributed by atoms with Crippen molar-refractivity contribution in [3.8, 4) is 0 Å². The fraction of sp³-hybridized carbons (Fsp3) is 0.842. The summed E-state index contributed by atoms with van der Waals surface area (Å²) in [6.45, 7) is 5.18. The lowest BCUT2D eigenvalue weighted by atomic mass is 10.0. The van der Waals surface area contributed by atoms with E-state index in [2.05, 4.69) is 30.2 Å². The Balaban J connectivity index is 3.94. The zero-order chi connectivity index (χ0) is 34.7. The summed E-state index contributed by atoms with van der Waals surface area (Å²) in [5.74, 6) is -0.893. The van der Waals surface area contributed by atoms with E-state index >= 15 is 0 Å². The predicted octanol–water partition coefficient (Wildman–Crippen LogP) is 11.2. The van der Waals surface area contributed by atoms with Gasteiger partial charge in [0.15, 0.2) is 6.10 Å². The van der Waals surface area contributed by atoms with Crippen LogP contribution in [0.15, 0.2) is 24.8 Å². The van der Waals surface area contributed by atoms with Crippen molar-refractivity contribution in [3.63, 3.8) is 0 Å². The van der Waals surface area contributed by atoms with Crippen LogP contribution in [0.5, 0.6) is 0 Å². The molecule has 0 aliphatic heterocycles. The summed E-state index contributed by atoms with van der Waals surface area (Å²) in [6, 6.07) is 0. The molecule has 0 aromatic heterocycles. The van der Waals surface area contributed by atoms with Gasteiger partial charge in [-0.3, -0.25) is 14.1 Å².